The number of aromatic nitrogens is 1. The molecule has 0 unspecified atom stereocenters. The molecule has 0 aliphatic carbocycles. The van der Waals surface area contributed by atoms with Crippen LogP contribution in [0.4, 0.5) is 0 Å². The van der Waals surface area contributed by atoms with Gasteiger partial charge in [0, 0.05) is 11.1 Å². The minimum atomic E-state index is -0.374. The van der Waals surface area contributed by atoms with Gasteiger partial charge in [0.15, 0.2) is 0 Å². The lowest BCUT2D eigenvalue weighted by Crippen LogP contribution is -2.14. The van der Waals surface area contributed by atoms with Crippen molar-refractivity contribution < 1.29 is 9.53 Å². The van der Waals surface area contributed by atoms with E-state index in [9.17, 15) is 4.79 Å². The molecular weight excluding hydrogens is 221 g/mol. The molecule has 2 rings (SSSR count). The molecule has 0 spiro atoms. The van der Waals surface area contributed by atoms with Crippen molar-refractivity contribution in [2.24, 2.45) is 0 Å². The third kappa shape index (κ3) is 1.83. The van der Waals surface area contributed by atoms with E-state index < -0.39 is 0 Å². The van der Waals surface area contributed by atoms with Crippen molar-refractivity contribution >= 4 is 40.8 Å². The highest BCUT2D eigenvalue weighted by Crippen LogP contribution is 2.21. The summed E-state index contributed by atoms with van der Waals surface area (Å²) in [6, 6.07) is 3.76. The first-order valence-electron chi connectivity index (χ1n) is 4.96. The summed E-state index contributed by atoms with van der Waals surface area (Å²) in [5, 5.41) is 0.818. The Bertz CT molecular complexity index is 550. The standard InChI is InChI=1S/C11H10BNO2S/c1-3-15-11(14)9-8(12)7-5-4-6(2)13-10(7)16-9/h4-5H,3H2,1-2H3. The van der Waals surface area contributed by atoms with E-state index in [1.54, 1.807) is 6.92 Å². The second kappa shape index (κ2) is 4.25. The Labute approximate surface area is 98.9 Å². The van der Waals surface area contributed by atoms with Crippen molar-refractivity contribution in [1.82, 2.24) is 4.98 Å². The molecule has 2 heterocycles. The first kappa shape index (κ1) is 11.1. The molecule has 0 aliphatic rings. The van der Waals surface area contributed by atoms with E-state index in [0.717, 1.165) is 15.9 Å². The zero-order valence-electron chi connectivity index (χ0n) is 9.11. The Kier molecular flexibility index (Phi) is 2.96. The molecule has 80 valence electrons. The van der Waals surface area contributed by atoms with E-state index in [0.29, 0.717) is 16.9 Å². The molecule has 0 bridgehead atoms. The molecule has 5 heteroatoms. The second-order valence-electron chi connectivity index (χ2n) is 3.37. The predicted molar refractivity (Wildman–Crippen MR) is 65.7 cm³/mol. The normalized spacial score (nSPS) is 10.6. The average molecular weight is 231 g/mol. The van der Waals surface area contributed by atoms with Crippen molar-refractivity contribution in [1.29, 1.82) is 0 Å². The molecule has 2 aromatic rings. The van der Waals surface area contributed by atoms with E-state index in [2.05, 4.69) is 4.98 Å². The molecule has 0 aliphatic heterocycles. The molecule has 0 amide bonds. The summed E-state index contributed by atoms with van der Waals surface area (Å²) in [6.45, 7) is 4.02. The molecule has 0 fully saturated rings. The lowest BCUT2D eigenvalue weighted by atomic mass is 9.93. The van der Waals surface area contributed by atoms with Gasteiger partial charge in [-0.15, -0.1) is 11.3 Å². The monoisotopic (exact) mass is 231 g/mol. The highest BCUT2D eigenvalue weighted by molar-refractivity contribution is 7.21. The maximum atomic E-state index is 11.6. The van der Waals surface area contributed by atoms with Crippen LogP contribution in [0.2, 0.25) is 0 Å². The molecule has 0 N–H and O–H groups in total. The molecule has 0 saturated heterocycles. The van der Waals surface area contributed by atoms with Crippen molar-refractivity contribution in [2.45, 2.75) is 13.8 Å². The topological polar surface area (TPSA) is 39.2 Å². The summed E-state index contributed by atoms with van der Waals surface area (Å²) in [5.41, 5.74) is 1.37. The van der Waals surface area contributed by atoms with Crippen LogP contribution < -0.4 is 5.46 Å². The van der Waals surface area contributed by atoms with Gasteiger partial charge in [0.25, 0.3) is 0 Å². The van der Waals surface area contributed by atoms with Gasteiger partial charge < -0.3 is 4.74 Å². The minimum absolute atomic E-state index is 0.346. The largest absolute Gasteiger partial charge is 0.462 e. The molecule has 0 aromatic carbocycles. The highest BCUT2D eigenvalue weighted by atomic mass is 32.1. The molecule has 2 aromatic heterocycles. The number of hydrogen-bond donors (Lipinski definition) is 0. The van der Waals surface area contributed by atoms with Gasteiger partial charge in [-0.25, -0.2) is 9.78 Å². The summed E-state index contributed by atoms with van der Waals surface area (Å²) in [6.07, 6.45) is 0. The fourth-order valence-electron chi connectivity index (χ4n) is 1.44. The second-order valence-corrected chi connectivity index (χ2v) is 4.37. The molecule has 0 atom stereocenters. The molecular formula is C11H10BNO2S. The Morgan fingerprint density at radius 2 is 2.31 bits per heavy atom. The van der Waals surface area contributed by atoms with Crippen LogP contribution in [0.15, 0.2) is 12.1 Å². The van der Waals surface area contributed by atoms with E-state index in [1.165, 1.54) is 11.3 Å². The number of rotatable bonds is 2. The number of nitrogens with zero attached hydrogens (tertiary/aromatic N) is 1. The maximum absolute atomic E-state index is 11.6. The first-order chi connectivity index (χ1) is 7.63. The Morgan fingerprint density at radius 1 is 1.56 bits per heavy atom. The quantitative estimate of drug-likeness (QED) is 0.581. The fraction of sp³-hybridized carbons (Fsp3) is 0.273. The van der Waals surface area contributed by atoms with Crippen LogP contribution in [0.5, 0.6) is 0 Å². The SMILES string of the molecule is [B]c1c(C(=O)OCC)sc2nc(C)ccc12. The Balaban J connectivity index is 2.55. The number of fused-ring (bicyclic) bond motifs is 1. The molecule has 3 nitrogen and oxygen atoms in total. The number of hydrogen-bond acceptors (Lipinski definition) is 4. The van der Waals surface area contributed by atoms with Crippen LogP contribution in [0.1, 0.15) is 22.3 Å². The van der Waals surface area contributed by atoms with Gasteiger partial charge in [-0.1, -0.05) is 11.5 Å². The van der Waals surface area contributed by atoms with Gasteiger partial charge in [-0.2, -0.15) is 0 Å². The summed E-state index contributed by atoms with van der Waals surface area (Å²) in [7, 11) is 5.89. The van der Waals surface area contributed by atoms with Gasteiger partial charge in [0.2, 0.25) is 0 Å². The van der Waals surface area contributed by atoms with Crippen molar-refractivity contribution in [3.8, 4) is 0 Å². The summed E-state index contributed by atoms with van der Waals surface area (Å²) < 4.78 is 4.93. The van der Waals surface area contributed by atoms with E-state index in [1.807, 2.05) is 19.1 Å². The number of pyridine rings is 1. The first-order valence-corrected chi connectivity index (χ1v) is 5.78. The Hall–Kier alpha value is -1.36. The van der Waals surface area contributed by atoms with Crippen LogP contribution in [0.3, 0.4) is 0 Å². The van der Waals surface area contributed by atoms with Crippen molar-refractivity contribution in [3.05, 3.63) is 22.7 Å². The zero-order chi connectivity index (χ0) is 11.7. The van der Waals surface area contributed by atoms with Gasteiger partial charge in [-0.05, 0) is 19.9 Å². The number of esters is 1. The third-order valence-corrected chi connectivity index (χ3v) is 3.29. The highest BCUT2D eigenvalue weighted by Gasteiger charge is 2.16. The maximum Gasteiger partial charge on any atom is 0.347 e. The lowest BCUT2D eigenvalue weighted by molar-refractivity contribution is 0.0533. The van der Waals surface area contributed by atoms with Crippen molar-refractivity contribution in [3.63, 3.8) is 0 Å². The lowest BCUT2D eigenvalue weighted by Gasteiger charge is -1.99. The smallest absolute Gasteiger partial charge is 0.347 e. The number of ether oxygens (including phenoxy) is 1. The number of carbonyl (C=O) groups excluding carboxylic acids is 1. The van der Waals surface area contributed by atoms with Gasteiger partial charge >= 0.3 is 5.97 Å². The summed E-state index contributed by atoms with van der Waals surface area (Å²) in [5.74, 6) is -0.374. The minimum Gasteiger partial charge on any atom is -0.462 e. The number of carbonyl (C=O) groups is 1. The zero-order valence-corrected chi connectivity index (χ0v) is 9.93. The van der Waals surface area contributed by atoms with Gasteiger partial charge in [-0.3, -0.25) is 0 Å². The summed E-state index contributed by atoms with van der Waals surface area (Å²) in [4.78, 5) is 17.1. The average Bonchev–Trinajstić information content (AvgIpc) is 2.56. The fourth-order valence-corrected chi connectivity index (χ4v) is 2.47. The van der Waals surface area contributed by atoms with Crippen LogP contribution in [-0.2, 0) is 4.74 Å². The van der Waals surface area contributed by atoms with Gasteiger partial charge in [0.05, 0.1) is 6.61 Å². The number of aryl methyl sites for hydroxylation is 1. The summed E-state index contributed by atoms with van der Waals surface area (Å²) >= 11 is 1.28. The van der Waals surface area contributed by atoms with Crippen LogP contribution in [0.25, 0.3) is 10.2 Å². The van der Waals surface area contributed by atoms with E-state index in [-0.39, 0.29) is 5.97 Å². The van der Waals surface area contributed by atoms with Crippen LogP contribution >= 0.6 is 11.3 Å². The van der Waals surface area contributed by atoms with Crippen LogP contribution in [-0.4, -0.2) is 25.4 Å². The van der Waals surface area contributed by atoms with Gasteiger partial charge in [0.1, 0.15) is 17.6 Å². The van der Waals surface area contributed by atoms with Crippen LogP contribution in [0, 0.1) is 6.92 Å². The Morgan fingerprint density at radius 3 is 3.00 bits per heavy atom. The van der Waals surface area contributed by atoms with E-state index in [4.69, 9.17) is 12.6 Å². The molecule has 0 saturated carbocycles. The third-order valence-electron chi connectivity index (χ3n) is 2.19. The van der Waals surface area contributed by atoms with E-state index >= 15 is 0 Å². The molecule has 16 heavy (non-hydrogen) atoms. The predicted octanol–water partition coefficient (Wildman–Crippen LogP) is 1.58. The molecule has 2 radical (unpaired) electrons. The number of thiophene rings is 1. The van der Waals surface area contributed by atoms with Crippen molar-refractivity contribution in [2.75, 3.05) is 6.61 Å².